The molecule has 0 aliphatic rings. The maximum atomic E-state index is 10.4. The Balaban J connectivity index is 2.53. The molecule has 1 aromatic carbocycles. The van der Waals surface area contributed by atoms with Crippen LogP contribution in [0.5, 0.6) is 5.75 Å². The first-order valence-corrected chi connectivity index (χ1v) is 4.34. The summed E-state index contributed by atoms with van der Waals surface area (Å²) in [5, 5.41) is 8.96. The van der Waals surface area contributed by atoms with Crippen LogP contribution in [-0.4, -0.2) is 17.6 Å². The lowest BCUT2D eigenvalue weighted by molar-refractivity contribution is -0.118. The number of aliphatic hydroxyl groups is 1. The van der Waals surface area contributed by atoms with Crippen LogP contribution in [0, 0.1) is 0 Å². The highest BCUT2D eigenvalue weighted by atomic mass is 16.5. The summed E-state index contributed by atoms with van der Waals surface area (Å²) in [4.78, 5) is 10.4. The van der Waals surface area contributed by atoms with Crippen LogP contribution >= 0.6 is 0 Å². The van der Waals surface area contributed by atoms with Gasteiger partial charge in [0.15, 0.2) is 0 Å². The zero-order valence-electron chi connectivity index (χ0n) is 7.77. The van der Waals surface area contributed by atoms with Crippen molar-refractivity contribution in [1.29, 1.82) is 0 Å². The topological polar surface area (TPSA) is 72.6 Å². The van der Waals surface area contributed by atoms with Gasteiger partial charge < -0.3 is 15.6 Å². The third-order valence-electron chi connectivity index (χ3n) is 1.75. The van der Waals surface area contributed by atoms with Crippen molar-refractivity contribution in [1.82, 2.24) is 0 Å². The first-order chi connectivity index (χ1) is 6.74. The zero-order valence-corrected chi connectivity index (χ0v) is 7.77. The fraction of sp³-hybridized carbons (Fsp3) is 0.300. The lowest BCUT2D eigenvalue weighted by Gasteiger charge is -2.08. The van der Waals surface area contributed by atoms with Gasteiger partial charge in [-0.05, 0) is 6.07 Å². The normalized spacial score (nSPS) is 9.79. The van der Waals surface area contributed by atoms with Crippen molar-refractivity contribution in [2.45, 2.75) is 13.0 Å². The summed E-state index contributed by atoms with van der Waals surface area (Å²) < 4.78 is 5.28. The van der Waals surface area contributed by atoms with Gasteiger partial charge in [0.25, 0.3) is 0 Å². The van der Waals surface area contributed by atoms with E-state index in [1.165, 1.54) is 0 Å². The van der Waals surface area contributed by atoms with E-state index in [9.17, 15) is 4.79 Å². The van der Waals surface area contributed by atoms with Crippen molar-refractivity contribution in [2.75, 3.05) is 6.61 Å². The maximum absolute atomic E-state index is 10.4. The molecule has 76 valence electrons. The molecule has 0 unspecified atom stereocenters. The predicted octanol–water partition coefficient (Wildman–Crippen LogP) is 0.433. The average molecular weight is 195 g/mol. The Labute approximate surface area is 82.3 Å². The third kappa shape index (κ3) is 3.06. The lowest BCUT2D eigenvalue weighted by Crippen LogP contribution is -2.14. The molecule has 0 bridgehead atoms. The number of benzene rings is 1. The van der Waals surface area contributed by atoms with Gasteiger partial charge in [0.05, 0.1) is 19.6 Å². The van der Waals surface area contributed by atoms with Crippen molar-refractivity contribution < 1.29 is 14.6 Å². The van der Waals surface area contributed by atoms with E-state index in [2.05, 4.69) is 0 Å². The van der Waals surface area contributed by atoms with Crippen molar-refractivity contribution in [3.05, 3.63) is 29.8 Å². The Hall–Kier alpha value is -1.55. The molecule has 0 saturated heterocycles. The second-order valence-corrected chi connectivity index (χ2v) is 2.83. The average Bonchev–Trinajstić information content (AvgIpc) is 2.18. The number of amides is 1. The van der Waals surface area contributed by atoms with Gasteiger partial charge in [-0.2, -0.15) is 0 Å². The molecule has 0 aliphatic carbocycles. The zero-order chi connectivity index (χ0) is 10.4. The van der Waals surface area contributed by atoms with Crippen LogP contribution in [-0.2, 0) is 11.4 Å². The van der Waals surface area contributed by atoms with E-state index in [0.717, 1.165) is 0 Å². The second-order valence-electron chi connectivity index (χ2n) is 2.83. The molecule has 1 aromatic rings. The number of rotatable bonds is 5. The first kappa shape index (κ1) is 10.5. The van der Waals surface area contributed by atoms with Crippen molar-refractivity contribution in [3.8, 4) is 5.75 Å². The summed E-state index contributed by atoms with van der Waals surface area (Å²) in [6, 6.07) is 7.12. The number of hydrogen-bond acceptors (Lipinski definition) is 3. The molecule has 0 radical (unpaired) electrons. The van der Waals surface area contributed by atoms with Crippen molar-refractivity contribution >= 4 is 5.91 Å². The number of ether oxygens (including phenoxy) is 1. The van der Waals surface area contributed by atoms with Gasteiger partial charge in [0.1, 0.15) is 5.75 Å². The molecule has 0 spiro atoms. The lowest BCUT2D eigenvalue weighted by atomic mass is 10.2. The molecule has 4 nitrogen and oxygen atoms in total. The summed E-state index contributed by atoms with van der Waals surface area (Å²) in [5.41, 5.74) is 5.66. The van der Waals surface area contributed by atoms with Crippen LogP contribution in [0.1, 0.15) is 12.0 Å². The minimum Gasteiger partial charge on any atom is -0.493 e. The molecule has 0 aliphatic heterocycles. The molecule has 0 aromatic heterocycles. The SMILES string of the molecule is NC(=O)CCOc1ccccc1CO. The second kappa shape index (κ2) is 5.24. The van der Waals surface area contributed by atoms with E-state index in [1.807, 2.05) is 6.07 Å². The Morgan fingerprint density at radius 2 is 2.14 bits per heavy atom. The summed E-state index contributed by atoms with van der Waals surface area (Å²) in [5.74, 6) is 0.197. The van der Waals surface area contributed by atoms with Crippen LogP contribution in [0.2, 0.25) is 0 Å². The molecule has 1 rings (SSSR count). The van der Waals surface area contributed by atoms with E-state index < -0.39 is 5.91 Å². The predicted molar refractivity (Wildman–Crippen MR) is 51.7 cm³/mol. The maximum Gasteiger partial charge on any atom is 0.220 e. The van der Waals surface area contributed by atoms with E-state index in [4.69, 9.17) is 15.6 Å². The highest BCUT2D eigenvalue weighted by Gasteiger charge is 2.01. The molecule has 0 saturated carbocycles. The quantitative estimate of drug-likeness (QED) is 0.715. The fourth-order valence-corrected chi connectivity index (χ4v) is 1.04. The van der Waals surface area contributed by atoms with Crippen LogP contribution in [0.4, 0.5) is 0 Å². The van der Waals surface area contributed by atoms with Crippen molar-refractivity contribution in [3.63, 3.8) is 0 Å². The Bertz CT molecular complexity index is 312. The number of primary amides is 1. The van der Waals surface area contributed by atoms with E-state index in [-0.39, 0.29) is 19.6 Å². The number of hydrogen-bond donors (Lipinski definition) is 2. The summed E-state index contributed by atoms with van der Waals surface area (Å²) in [7, 11) is 0. The van der Waals surface area contributed by atoms with Gasteiger partial charge in [-0.1, -0.05) is 18.2 Å². The van der Waals surface area contributed by atoms with Gasteiger partial charge >= 0.3 is 0 Å². The van der Waals surface area contributed by atoms with E-state index in [0.29, 0.717) is 11.3 Å². The summed E-state index contributed by atoms with van der Waals surface area (Å²) in [6.45, 7) is 0.166. The highest BCUT2D eigenvalue weighted by Crippen LogP contribution is 2.17. The monoisotopic (exact) mass is 195 g/mol. The van der Waals surface area contributed by atoms with E-state index >= 15 is 0 Å². The smallest absolute Gasteiger partial charge is 0.220 e. The number of aliphatic hydroxyl groups excluding tert-OH is 1. The largest absolute Gasteiger partial charge is 0.493 e. The highest BCUT2D eigenvalue weighted by molar-refractivity contribution is 5.73. The minimum atomic E-state index is -0.397. The van der Waals surface area contributed by atoms with Crippen LogP contribution in [0.25, 0.3) is 0 Å². The number of para-hydroxylation sites is 1. The molecular weight excluding hydrogens is 182 g/mol. The van der Waals surface area contributed by atoms with Crippen LogP contribution in [0.15, 0.2) is 24.3 Å². The van der Waals surface area contributed by atoms with Gasteiger partial charge in [0.2, 0.25) is 5.91 Å². The summed E-state index contributed by atoms with van der Waals surface area (Å²) >= 11 is 0. The third-order valence-corrected chi connectivity index (χ3v) is 1.75. The molecule has 3 N–H and O–H groups in total. The number of nitrogens with two attached hydrogens (primary N) is 1. The van der Waals surface area contributed by atoms with Crippen LogP contribution < -0.4 is 10.5 Å². The Kier molecular flexibility index (Phi) is 3.94. The minimum absolute atomic E-state index is 0.0766. The molecule has 0 heterocycles. The van der Waals surface area contributed by atoms with Gasteiger partial charge in [0, 0.05) is 5.56 Å². The molecule has 1 amide bonds. The molecule has 4 heteroatoms. The Morgan fingerprint density at radius 1 is 1.43 bits per heavy atom. The van der Waals surface area contributed by atoms with E-state index in [1.54, 1.807) is 18.2 Å². The molecule has 0 fully saturated rings. The van der Waals surface area contributed by atoms with Crippen LogP contribution in [0.3, 0.4) is 0 Å². The van der Waals surface area contributed by atoms with Crippen molar-refractivity contribution in [2.24, 2.45) is 5.73 Å². The van der Waals surface area contributed by atoms with Gasteiger partial charge in [-0.3, -0.25) is 4.79 Å². The summed E-state index contributed by atoms with van der Waals surface area (Å²) in [6.07, 6.45) is 0.180. The first-order valence-electron chi connectivity index (χ1n) is 4.34. The molecular formula is C10H13NO3. The number of carbonyl (C=O) groups excluding carboxylic acids is 1. The molecule has 0 atom stereocenters. The Morgan fingerprint density at radius 3 is 2.79 bits per heavy atom. The molecule has 14 heavy (non-hydrogen) atoms. The fourth-order valence-electron chi connectivity index (χ4n) is 1.04. The number of carbonyl (C=O) groups is 1. The van der Waals surface area contributed by atoms with Gasteiger partial charge in [-0.15, -0.1) is 0 Å². The standard InChI is InChI=1S/C10H13NO3/c11-10(13)5-6-14-9-4-2-1-3-8(9)7-12/h1-4,12H,5-7H2,(H2,11,13). The van der Waals surface area contributed by atoms with Gasteiger partial charge in [-0.25, -0.2) is 0 Å².